The Morgan fingerprint density at radius 1 is 1.25 bits per heavy atom. The fraction of sp³-hybridized carbons (Fsp3) is 0.500. The fourth-order valence-electron chi connectivity index (χ4n) is 4.19. The molecule has 2 aliphatic rings. The Morgan fingerprint density at radius 2 is 1.93 bits per heavy atom. The number of allylic oxidation sites excluding steroid dienone is 2. The highest BCUT2D eigenvalue weighted by molar-refractivity contribution is 5.93. The number of hydrogen-bond acceptors (Lipinski definition) is 6. The number of rotatable bonds is 8. The maximum Gasteiger partial charge on any atom is 0.203 e. The molecular formula is C22H28O6. The van der Waals surface area contributed by atoms with Gasteiger partial charge in [-0.15, -0.1) is 6.58 Å². The van der Waals surface area contributed by atoms with Crippen molar-refractivity contribution in [2.45, 2.75) is 31.8 Å². The van der Waals surface area contributed by atoms with Crippen LogP contribution in [-0.2, 0) is 20.7 Å². The first-order chi connectivity index (χ1) is 13.5. The predicted molar refractivity (Wildman–Crippen MR) is 105 cm³/mol. The molecule has 0 amide bonds. The molecule has 3 atom stereocenters. The van der Waals surface area contributed by atoms with Crippen molar-refractivity contribution in [1.82, 2.24) is 0 Å². The predicted octanol–water partition coefficient (Wildman–Crippen LogP) is 3.68. The second-order valence-electron chi connectivity index (χ2n) is 7.27. The molecule has 0 saturated carbocycles. The third-order valence-electron chi connectivity index (χ3n) is 5.69. The SMILES string of the molecule is C=CCC1CC2(C(C)Cc3cc(OC)c(OC)c(OC)c3)OCOC2=CC1=O. The van der Waals surface area contributed by atoms with Crippen molar-refractivity contribution in [1.29, 1.82) is 0 Å². The van der Waals surface area contributed by atoms with Gasteiger partial charge in [0.15, 0.2) is 24.1 Å². The van der Waals surface area contributed by atoms with Crippen molar-refractivity contribution in [3.8, 4) is 17.2 Å². The van der Waals surface area contributed by atoms with Crippen LogP contribution in [0, 0.1) is 11.8 Å². The summed E-state index contributed by atoms with van der Waals surface area (Å²) in [5, 5.41) is 0. The second kappa shape index (κ2) is 8.27. The van der Waals surface area contributed by atoms with Crippen molar-refractivity contribution in [2.24, 2.45) is 11.8 Å². The number of benzene rings is 1. The zero-order valence-electron chi connectivity index (χ0n) is 16.9. The third-order valence-corrected chi connectivity index (χ3v) is 5.69. The standard InChI is InChI=1S/C22H28O6/c1-6-7-16-12-22(20(11-17(16)23)27-13-28-22)14(2)8-15-9-18(24-3)21(26-5)19(10-15)25-4/h6,9-11,14,16H,1,7-8,12-13H2,2-5H3. The molecule has 152 valence electrons. The minimum absolute atomic E-state index is 0.0736. The van der Waals surface area contributed by atoms with Crippen LogP contribution in [0.3, 0.4) is 0 Å². The molecule has 0 radical (unpaired) electrons. The number of hydrogen-bond donors (Lipinski definition) is 0. The van der Waals surface area contributed by atoms with E-state index in [0.717, 1.165) is 5.56 Å². The van der Waals surface area contributed by atoms with E-state index < -0.39 is 5.60 Å². The molecule has 6 nitrogen and oxygen atoms in total. The van der Waals surface area contributed by atoms with Crippen LogP contribution in [0.1, 0.15) is 25.3 Å². The van der Waals surface area contributed by atoms with Gasteiger partial charge < -0.3 is 23.7 Å². The van der Waals surface area contributed by atoms with Crippen LogP contribution in [-0.4, -0.2) is 39.5 Å². The molecule has 1 aliphatic carbocycles. The van der Waals surface area contributed by atoms with Crippen molar-refractivity contribution in [2.75, 3.05) is 28.1 Å². The summed E-state index contributed by atoms with van der Waals surface area (Å²) in [6.45, 7) is 6.06. The summed E-state index contributed by atoms with van der Waals surface area (Å²) in [7, 11) is 4.79. The first-order valence-electron chi connectivity index (χ1n) is 9.41. The Bertz CT molecular complexity index is 758. The van der Waals surface area contributed by atoms with Crippen LogP contribution in [0.2, 0.25) is 0 Å². The lowest BCUT2D eigenvalue weighted by molar-refractivity contribution is -0.123. The van der Waals surface area contributed by atoms with Gasteiger partial charge in [-0.2, -0.15) is 0 Å². The summed E-state index contributed by atoms with van der Waals surface area (Å²) in [5.41, 5.74) is 0.422. The minimum atomic E-state index is -0.609. The van der Waals surface area contributed by atoms with Gasteiger partial charge in [0.2, 0.25) is 5.75 Å². The summed E-state index contributed by atoms with van der Waals surface area (Å²) in [6, 6.07) is 3.89. The molecule has 1 saturated heterocycles. The van der Waals surface area contributed by atoms with Gasteiger partial charge in [-0.25, -0.2) is 0 Å². The van der Waals surface area contributed by atoms with Crippen molar-refractivity contribution >= 4 is 5.78 Å². The summed E-state index contributed by atoms with van der Waals surface area (Å²) < 4.78 is 28.1. The van der Waals surface area contributed by atoms with Gasteiger partial charge in [0, 0.05) is 12.0 Å². The van der Waals surface area contributed by atoms with E-state index >= 15 is 0 Å². The van der Waals surface area contributed by atoms with Crippen LogP contribution in [0.25, 0.3) is 0 Å². The number of fused-ring (bicyclic) bond motifs is 1. The van der Waals surface area contributed by atoms with E-state index in [0.29, 0.717) is 42.3 Å². The number of carbonyl (C=O) groups excluding carboxylic acids is 1. The monoisotopic (exact) mass is 388 g/mol. The lowest BCUT2D eigenvalue weighted by Gasteiger charge is -2.38. The molecule has 0 spiro atoms. The summed E-state index contributed by atoms with van der Waals surface area (Å²) in [6.07, 6.45) is 5.32. The van der Waals surface area contributed by atoms with Gasteiger partial charge in [-0.3, -0.25) is 4.79 Å². The fourth-order valence-corrected chi connectivity index (χ4v) is 4.19. The Hall–Kier alpha value is -2.47. The highest BCUT2D eigenvalue weighted by Crippen LogP contribution is 2.47. The topological polar surface area (TPSA) is 63.2 Å². The van der Waals surface area contributed by atoms with E-state index in [1.165, 1.54) is 0 Å². The molecule has 0 bridgehead atoms. The summed E-state index contributed by atoms with van der Waals surface area (Å²) in [5.74, 6) is 2.45. The largest absolute Gasteiger partial charge is 0.493 e. The highest BCUT2D eigenvalue weighted by Gasteiger charge is 2.51. The van der Waals surface area contributed by atoms with Crippen molar-refractivity contribution in [3.05, 3.63) is 42.2 Å². The Morgan fingerprint density at radius 3 is 2.50 bits per heavy atom. The molecule has 28 heavy (non-hydrogen) atoms. The molecule has 1 aromatic carbocycles. The highest BCUT2D eigenvalue weighted by atomic mass is 16.7. The molecule has 3 unspecified atom stereocenters. The lowest BCUT2D eigenvalue weighted by Crippen LogP contribution is -2.44. The molecular weight excluding hydrogens is 360 g/mol. The average molecular weight is 388 g/mol. The Labute approximate surface area is 166 Å². The zero-order valence-corrected chi connectivity index (χ0v) is 16.9. The molecule has 1 aliphatic heterocycles. The van der Waals surface area contributed by atoms with Crippen LogP contribution in [0.15, 0.2) is 36.6 Å². The van der Waals surface area contributed by atoms with Crippen LogP contribution < -0.4 is 14.2 Å². The van der Waals surface area contributed by atoms with Crippen LogP contribution in [0.5, 0.6) is 17.2 Å². The van der Waals surface area contributed by atoms with Crippen molar-refractivity contribution in [3.63, 3.8) is 0 Å². The minimum Gasteiger partial charge on any atom is -0.493 e. The second-order valence-corrected chi connectivity index (χ2v) is 7.27. The van der Waals surface area contributed by atoms with Crippen LogP contribution in [0.4, 0.5) is 0 Å². The Kier molecular flexibility index (Phi) is 5.98. The third kappa shape index (κ3) is 3.49. The number of ketones is 1. The lowest BCUT2D eigenvalue weighted by atomic mass is 9.71. The van der Waals surface area contributed by atoms with Gasteiger partial charge in [0.05, 0.1) is 21.3 Å². The zero-order chi connectivity index (χ0) is 20.3. The smallest absolute Gasteiger partial charge is 0.203 e. The maximum atomic E-state index is 12.4. The number of methoxy groups -OCH3 is 3. The maximum absolute atomic E-state index is 12.4. The number of carbonyl (C=O) groups is 1. The molecule has 0 N–H and O–H groups in total. The van der Waals surface area contributed by atoms with E-state index in [1.807, 2.05) is 12.1 Å². The van der Waals surface area contributed by atoms with E-state index in [-0.39, 0.29) is 24.4 Å². The first-order valence-corrected chi connectivity index (χ1v) is 9.41. The van der Waals surface area contributed by atoms with Crippen LogP contribution >= 0.6 is 0 Å². The van der Waals surface area contributed by atoms with Gasteiger partial charge in [0.25, 0.3) is 0 Å². The molecule has 1 aromatic rings. The van der Waals surface area contributed by atoms with Gasteiger partial charge in [0.1, 0.15) is 11.4 Å². The van der Waals surface area contributed by atoms with E-state index in [2.05, 4.69) is 13.5 Å². The molecule has 1 heterocycles. The average Bonchev–Trinajstić information content (AvgIpc) is 3.11. The van der Waals surface area contributed by atoms with E-state index in [1.54, 1.807) is 33.5 Å². The molecule has 0 aromatic heterocycles. The van der Waals surface area contributed by atoms with E-state index in [9.17, 15) is 4.79 Å². The Balaban J connectivity index is 1.91. The van der Waals surface area contributed by atoms with Gasteiger partial charge in [-0.1, -0.05) is 13.0 Å². The quantitative estimate of drug-likeness (QED) is 0.633. The summed E-state index contributed by atoms with van der Waals surface area (Å²) in [4.78, 5) is 12.4. The molecule has 1 fully saturated rings. The molecule has 3 rings (SSSR count). The first kappa shape index (κ1) is 20.3. The number of ether oxygens (including phenoxy) is 5. The van der Waals surface area contributed by atoms with Crippen molar-refractivity contribution < 1.29 is 28.5 Å². The normalized spacial score (nSPS) is 24.6. The molecule has 6 heteroatoms. The van der Waals surface area contributed by atoms with E-state index in [4.69, 9.17) is 23.7 Å². The van der Waals surface area contributed by atoms with Gasteiger partial charge >= 0.3 is 0 Å². The summed E-state index contributed by atoms with van der Waals surface area (Å²) >= 11 is 0. The van der Waals surface area contributed by atoms with Gasteiger partial charge in [-0.05, 0) is 42.9 Å².